The Balaban J connectivity index is 1.69. The topological polar surface area (TPSA) is 111 Å². The Bertz CT molecular complexity index is 609. The van der Waals surface area contributed by atoms with E-state index in [1.54, 1.807) is 36.4 Å². The van der Waals surface area contributed by atoms with Gasteiger partial charge in [0.1, 0.15) is 17.3 Å². The predicted molar refractivity (Wildman–Crippen MR) is 86.2 cm³/mol. The van der Waals surface area contributed by atoms with Gasteiger partial charge in [0.2, 0.25) is 0 Å². The Morgan fingerprint density at radius 3 is 1.91 bits per heavy atom. The molecule has 0 aliphatic rings. The monoisotopic (exact) mass is 315 g/mol. The molecule has 0 saturated heterocycles. The minimum absolute atomic E-state index is 0.0213. The molecule has 0 radical (unpaired) electrons. The van der Waals surface area contributed by atoms with Crippen molar-refractivity contribution in [3.8, 4) is 11.5 Å². The molecule has 0 bridgehead atoms. The van der Waals surface area contributed by atoms with Crippen LogP contribution in [0, 0.1) is 15.5 Å². The van der Waals surface area contributed by atoms with Gasteiger partial charge in [-0.05, 0) is 36.4 Å². The Morgan fingerprint density at radius 2 is 1.48 bits per heavy atom. The van der Waals surface area contributed by atoms with Crippen molar-refractivity contribution in [2.75, 3.05) is 13.2 Å². The summed E-state index contributed by atoms with van der Waals surface area (Å²) >= 11 is 0. The maximum absolute atomic E-state index is 10.5. The number of nitro benzene ring substituents is 1. The minimum atomic E-state index is -0.449. The summed E-state index contributed by atoms with van der Waals surface area (Å²) < 4.78 is 11.0. The van der Waals surface area contributed by atoms with Crippen LogP contribution in [0.1, 0.15) is 12.0 Å². The number of rotatable bonds is 8. The number of non-ortho nitro benzene ring substituents is 1. The van der Waals surface area contributed by atoms with Gasteiger partial charge in [-0.2, -0.15) is 0 Å². The zero-order chi connectivity index (χ0) is 16.7. The predicted octanol–water partition coefficient (Wildman–Crippen LogP) is 2.73. The number of ether oxygens (including phenoxy) is 2. The van der Waals surface area contributed by atoms with E-state index in [0.717, 1.165) is 0 Å². The molecule has 23 heavy (non-hydrogen) atoms. The highest BCUT2D eigenvalue weighted by atomic mass is 16.6. The van der Waals surface area contributed by atoms with Gasteiger partial charge in [-0.25, -0.2) is 0 Å². The summed E-state index contributed by atoms with van der Waals surface area (Å²) in [6, 6.07) is 12.9. The molecule has 0 fully saturated rings. The Hall–Kier alpha value is -3.09. The smallest absolute Gasteiger partial charge is 0.269 e. The number of nitrogens with two attached hydrogens (primary N) is 1. The highest BCUT2D eigenvalue weighted by Gasteiger charge is 2.04. The second-order valence-electron chi connectivity index (χ2n) is 4.74. The van der Waals surface area contributed by atoms with Gasteiger partial charge < -0.3 is 15.2 Å². The first kappa shape index (κ1) is 16.3. The lowest BCUT2D eigenvalue weighted by molar-refractivity contribution is -0.384. The van der Waals surface area contributed by atoms with Crippen molar-refractivity contribution in [2.24, 2.45) is 5.73 Å². The molecule has 2 aromatic carbocycles. The number of nitrogens with one attached hydrogen (secondary N) is 1. The van der Waals surface area contributed by atoms with Gasteiger partial charge in [0.05, 0.1) is 18.1 Å². The molecular weight excluding hydrogens is 298 g/mol. The highest BCUT2D eigenvalue weighted by molar-refractivity contribution is 5.94. The summed E-state index contributed by atoms with van der Waals surface area (Å²) in [7, 11) is 0. The number of benzene rings is 2. The lowest BCUT2D eigenvalue weighted by Crippen LogP contribution is -2.10. The highest BCUT2D eigenvalue weighted by Crippen LogP contribution is 2.17. The molecule has 3 N–H and O–H groups in total. The fourth-order valence-electron chi connectivity index (χ4n) is 1.83. The van der Waals surface area contributed by atoms with E-state index in [2.05, 4.69) is 0 Å². The van der Waals surface area contributed by atoms with Crippen molar-refractivity contribution in [1.82, 2.24) is 0 Å². The number of hydrogen-bond acceptors (Lipinski definition) is 5. The third-order valence-corrected chi connectivity index (χ3v) is 3.04. The maximum atomic E-state index is 10.5. The number of nitrogen functional groups attached to an aromatic ring is 1. The molecule has 0 heterocycles. The molecule has 2 rings (SSSR count). The summed E-state index contributed by atoms with van der Waals surface area (Å²) in [5.74, 6) is 1.31. The average Bonchev–Trinajstić information content (AvgIpc) is 2.55. The molecule has 0 unspecified atom stereocenters. The molecule has 0 aliphatic carbocycles. The van der Waals surface area contributed by atoms with E-state index in [1.807, 2.05) is 0 Å². The van der Waals surface area contributed by atoms with Crippen molar-refractivity contribution in [3.63, 3.8) is 0 Å². The number of nitro groups is 1. The van der Waals surface area contributed by atoms with Crippen molar-refractivity contribution in [2.45, 2.75) is 6.42 Å². The van der Waals surface area contributed by atoms with Crippen LogP contribution in [0.3, 0.4) is 0 Å². The first-order chi connectivity index (χ1) is 11.1. The molecule has 0 spiro atoms. The van der Waals surface area contributed by atoms with Crippen LogP contribution < -0.4 is 15.2 Å². The largest absolute Gasteiger partial charge is 0.493 e. The Kier molecular flexibility index (Phi) is 5.51. The number of amidine groups is 1. The third kappa shape index (κ3) is 4.99. The summed E-state index contributed by atoms with van der Waals surface area (Å²) in [5.41, 5.74) is 6.06. The molecule has 0 aromatic heterocycles. The zero-order valence-electron chi connectivity index (χ0n) is 12.4. The first-order valence-corrected chi connectivity index (χ1v) is 7.01. The van der Waals surface area contributed by atoms with E-state index >= 15 is 0 Å². The number of hydrogen-bond donors (Lipinski definition) is 2. The van der Waals surface area contributed by atoms with Gasteiger partial charge in [-0.15, -0.1) is 0 Å². The molecule has 7 heteroatoms. The second-order valence-corrected chi connectivity index (χ2v) is 4.74. The van der Waals surface area contributed by atoms with E-state index in [0.29, 0.717) is 36.7 Å². The Labute approximate surface area is 133 Å². The van der Waals surface area contributed by atoms with E-state index in [-0.39, 0.29) is 11.5 Å². The van der Waals surface area contributed by atoms with Crippen molar-refractivity contribution in [3.05, 3.63) is 64.2 Å². The third-order valence-electron chi connectivity index (χ3n) is 3.04. The standard InChI is InChI=1S/C16H17N3O4/c17-16(18)12-2-6-14(7-3-12)22-10-1-11-23-15-8-4-13(5-9-15)19(20)21/h2-9H,1,10-11H2,(H3,17,18). The average molecular weight is 315 g/mol. The Morgan fingerprint density at radius 1 is 1.00 bits per heavy atom. The van der Waals surface area contributed by atoms with Gasteiger partial charge in [-0.1, -0.05) is 0 Å². The molecule has 120 valence electrons. The summed E-state index contributed by atoms with van der Waals surface area (Å²) in [4.78, 5) is 10.1. The van der Waals surface area contributed by atoms with Crippen molar-refractivity contribution in [1.29, 1.82) is 5.41 Å². The van der Waals surface area contributed by atoms with E-state index < -0.39 is 4.92 Å². The van der Waals surface area contributed by atoms with Gasteiger partial charge in [0.25, 0.3) is 5.69 Å². The summed E-state index contributed by atoms with van der Waals surface area (Å²) in [6.45, 7) is 0.926. The second kappa shape index (κ2) is 7.79. The molecule has 7 nitrogen and oxygen atoms in total. The molecule has 0 saturated carbocycles. The molecule has 0 aliphatic heterocycles. The molecule has 0 amide bonds. The van der Waals surface area contributed by atoms with Gasteiger partial charge in [-0.3, -0.25) is 15.5 Å². The van der Waals surface area contributed by atoms with E-state index in [1.165, 1.54) is 12.1 Å². The van der Waals surface area contributed by atoms with Gasteiger partial charge in [0.15, 0.2) is 0 Å². The van der Waals surface area contributed by atoms with Crippen molar-refractivity contribution >= 4 is 11.5 Å². The maximum Gasteiger partial charge on any atom is 0.269 e. The zero-order valence-corrected chi connectivity index (χ0v) is 12.4. The quantitative estimate of drug-likeness (QED) is 0.256. The minimum Gasteiger partial charge on any atom is -0.493 e. The molecule has 0 atom stereocenters. The lowest BCUT2D eigenvalue weighted by atomic mass is 10.2. The van der Waals surface area contributed by atoms with Crippen molar-refractivity contribution < 1.29 is 14.4 Å². The molecule has 2 aromatic rings. The van der Waals surface area contributed by atoms with Crippen LogP contribution in [-0.4, -0.2) is 24.0 Å². The summed E-state index contributed by atoms with van der Waals surface area (Å²) in [5, 5.41) is 17.8. The van der Waals surface area contributed by atoms with Crippen LogP contribution in [0.2, 0.25) is 0 Å². The van der Waals surface area contributed by atoms with Crippen LogP contribution in [0.5, 0.6) is 11.5 Å². The number of nitrogens with zero attached hydrogens (tertiary/aromatic N) is 1. The molecular formula is C16H17N3O4. The van der Waals surface area contributed by atoms with Gasteiger partial charge in [0, 0.05) is 24.1 Å². The van der Waals surface area contributed by atoms with E-state index in [4.69, 9.17) is 20.6 Å². The van der Waals surface area contributed by atoms with Gasteiger partial charge >= 0.3 is 0 Å². The van der Waals surface area contributed by atoms with Crippen LogP contribution in [0.4, 0.5) is 5.69 Å². The fourth-order valence-corrected chi connectivity index (χ4v) is 1.83. The first-order valence-electron chi connectivity index (χ1n) is 7.01. The van der Waals surface area contributed by atoms with Crippen LogP contribution in [0.15, 0.2) is 48.5 Å². The summed E-state index contributed by atoms with van der Waals surface area (Å²) in [6.07, 6.45) is 0.672. The van der Waals surface area contributed by atoms with Crippen LogP contribution >= 0.6 is 0 Å². The lowest BCUT2D eigenvalue weighted by Gasteiger charge is -2.08. The van der Waals surface area contributed by atoms with Crippen LogP contribution in [0.25, 0.3) is 0 Å². The van der Waals surface area contributed by atoms with Crippen LogP contribution in [-0.2, 0) is 0 Å². The SMILES string of the molecule is N=C(N)c1ccc(OCCCOc2ccc([N+](=O)[O-])cc2)cc1. The van der Waals surface area contributed by atoms with E-state index in [9.17, 15) is 10.1 Å². The fraction of sp³-hybridized carbons (Fsp3) is 0.188. The normalized spacial score (nSPS) is 10.1.